The molecule has 128 valence electrons. The number of aromatic nitrogens is 3. The first-order chi connectivity index (χ1) is 12.1. The van der Waals surface area contributed by atoms with E-state index >= 15 is 0 Å². The van der Waals surface area contributed by atoms with Gasteiger partial charge in [0.05, 0.1) is 21.5 Å². The predicted molar refractivity (Wildman–Crippen MR) is 102 cm³/mol. The lowest BCUT2D eigenvalue weighted by Crippen LogP contribution is -2.14. The number of nitrogens with zero attached hydrogens (tertiary/aromatic N) is 3. The number of thioether (sulfide) groups is 1. The van der Waals surface area contributed by atoms with Crippen molar-refractivity contribution in [1.29, 1.82) is 0 Å². The standard InChI is InChI=1S/C17H14Cl2N4OS/c1-23-16(11-6-3-2-4-7-11)21-22-17(23)25-10-14(24)20-13-9-5-8-12(18)15(13)19/h2-9H,10H2,1H3,(H,20,24). The van der Waals surface area contributed by atoms with E-state index in [0.717, 1.165) is 11.4 Å². The van der Waals surface area contributed by atoms with Gasteiger partial charge in [-0.3, -0.25) is 4.79 Å². The molecule has 1 N–H and O–H groups in total. The molecule has 1 aromatic heterocycles. The van der Waals surface area contributed by atoms with Crippen LogP contribution in [0.4, 0.5) is 5.69 Å². The van der Waals surface area contributed by atoms with Gasteiger partial charge in [0.2, 0.25) is 5.91 Å². The smallest absolute Gasteiger partial charge is 0.234 e. The van der Waals surface area contributed by atoms with Crippen molar-refractivity contribution in [1.82, 2.24) is 14.8 Å². The number of anilines is 1. The van der Waals surface area contributed by atoms with Crippen molar-refractivity contribution in [2.24, 2.45) is 7.05 Å². The zero-order valence-corrected chi connectivity index (χ0v) is 15.6. The SMILES string of the molecule is Cn1c(SCC(=O)Nc2cccc(Cl)c2Cl)nnc1-c1ccccc1. The van der Waals surface area contributed by atoms with Crippen molar-refractivity contribution in [3.05, 3.63) is 58.6 Å². The van der Waals surface area contributed by atoms with E-state index in [4.69, 9.17) is 23.2 Å². The van der Waals surface area contributed by atoms with E-state index in [1.54, 1.807) is 18.2 Å². The van der Waals surface area contributed by atoms with Crippen LogP contribution in [0.15, 0.2) is 53.7 Å². The Balaban J connectivity index is 1.65. The molecule has 3 aromatic rings. The molecule has 5 nitrogen and oxygen atoms in total. The van der Waals surface area contributed by atoms with Gasteiger partial charge in [0.15, 0.2) is 11.0 Å². The van der Waals surface area contributed by atoms with E-state index in [1.807, 2.05) is 41.9 Å². The number of rotatable bonds is 5. The van der Waals surface area contributed by atoms with Crippen molar-refractivity contribution in [3.8, 4) is 11.4 Å². The molecule has 2 aromatic carbocycles. The number of hydrogen-bond acceptors (Lipinski definition) is 4. The van der Waals surface area contributed by atoms with Gasteiger partial charge in [-0.05, 0) is 12.1 Å². The zero-order chi connectivity index (χ0) is 17.8. The first kappa shape index (κ1) is 17.8. The topological polar surface area (TPSA) is 59.8 Å². The van der Waals surface area contributed by atoms with Crippen LogP contribution in [-0.4, -0.2) is 26.4 Å². The molecule has 25 heavy (non-hydrogen) atoms. The van der Waals surface area contributed by atoms with Crippen molar-refractivity contribution < 1.29 is 4.79 Å². The fraction of sp³-hybridized carbons (Fsp3) is 0.118. The van der Waals surface area contributed by atoms with Gasteiger partial charge in [-0.2, -0.15) is 0 Å². The highest BCUT2D eigenvalue weighted by Gasteiger charge is 2.14. The minimum atomic E-state index is -0.196. The van der Waals surface area contributed by atoms with E-state index in [2.05, 4.69) is 15.5 Å². The summed E-state index contributed by atoms with van der Waals surface area (Å²) in [5.41, 5.74) is 1.46. The Morgan fingerprint density at radius 2 is 1.88 bits per heavy atom. The molecule has 0 unspecified atom stereocenters. The van der Waals surface area contributed by atoms with Crippen molar-refractivity contribution in [2.75, 3.05) is 11.1 Å². The van der Waals surface area contributed by atoms with Crippen molar-refractivity contribution in [2.45, 2.75) is 5.16 Å². The molecule has 0 fully saturated rings. The van der Waals surface area contributed by atoms with Crippen LogP contribution in [0.1, 0.15) is 0 Å². The van der Waals surface area contributed by atoms with Crippen LogP contribution < -0.4 is 5.32 Å². The Hall–Kier alpha value is -2.02. The molecule has 0 saturated carbocycles. The molecular weight excluding hydrogens is 379 g/mol. The van der Waals surface area contributed by atoms with Gasteiger partial charge in [0, 0.05) is 12.6 Å². The van der Waals surface area contributed by atoms with Crippen LogP contribution in [-0.2, 0) is 11.8 Å². The highest BCUT2D eigenvalue weighted by atomic mass is 35.5. The Labute approximate surface area is 159 Å². The van der Waals surface area contributed by atoms with Crippen molar-refractivity contribution >= 4 is 46.6 Å². The molecule has 0 saturated heterocycles. The summed E-state index contributed by atoms with van der Waals surface area (Å²) in [6.45, 7) is 0. The molecule has 0 aliphatic carbocycles. The van der Waals surface area contributed by atoms with Gasteiger partial charge in [-0.1, -0.05) is 71.4 Å². The summed E-state index contributed by atoms with van der Waals surface area (Å²) < 4.78 is 1.86. The summed E-state index contributed by atoms with van der Waals surface area (Å²) in [6.07, 6.45) is 0. The average Bonchev–Trinajstić information content (AvgIpc) is 2.99. The minimum absolute atomic E-state index is 0.184. The van der Waals surface area contributed by atoms with E-state index in [9.17, 15) is 4.79 Å². The summed E-state index contributed by atoms with van der Waals surface area (Å²) in [6, 6.07) is 14.9. The maximum Gasteiger partial charge on any atom is 0.234 e. The Kier molecular flexibility index (Phi) is 5.63. The van der Waals surface area contributed by atoms with Gasteiger partial charge in [-0.25, -0.2) is 0 Å². The van der Waals surface area contributed by atoms with Crippen LogP contribution in [0.25, 0.3) is 11.4 Å². The second kappa shape index (κ2) is 7.91. The van der Waals surface area contributed by atoms with Crippen LogP contribution in [0, 0.1) is 0 Å². The molecule has 0 aliphatic rings. The summed E-state index contributed by atoms with van der Waals surface area (Å²) in [5.74, 6) is 0.740. The van der Waals surface area contributed by atoms with Gasteiger partial charge in [0.25, 0.3) is 0 Å². The van der Waals surface area contributed by atoms with E-state index in [0.29, 0.717) is 20.9 Å². The number of carbonyl (C=O) groups excluding carboxylic acids is 1. The Bertz CT molecular complexity index is 899. The van der Waals surface area contributed by atoms with E-state index in [-0.39, 0.29) is 11.7 Å². The molecule has 3 rings (SSSR count). The number of amides is 1. The van der Waals surface area contributed by atoms with Gasteiger partial charge < -0.3 is 9.88 Å². The molecule has 1 amide bonds. The zero-order valence-electron chi connectivity index (χ0n) is 13.2. The van der Waals surface area contributed by atoms with E-state index in [1.165, 1.54) is 11.8 Å². The number of carbonyl (C=O) groups is 1. The lowest BCUT2D eigenvalue weighted by molar-refractivity contribution is -0.113. The summed E-state index contributed by atoms with van der Waals surface area (Å²) >= 11 is 13.3. The number of nitrogens with one attached hydrogen (secondary N) is 1. The third-order valence-corrected chi connectivity index (χ3v) is 5.26. The second-order valence-corrected chi connectivity index (χ2v) is 6.90. The van der Waals surface area contributed by atoms with Gasteiger partial charge >= 0.3 is 0 Å². The average molecular weight is 393 g/mol. The monoisotopic (exact) mass is 392 g/mol. The summed E-state index contributed by atoms with van der Waals surface area (Å²) in [7, 11) is 1.87. The summed E-state index contributed by atoms with van der Waals surface area (Å²) in [5, 5.41) is 12.5. The Morgan fingerprint density at radius 1 is 1.12 bits per heavy atom. The van der Waals surface area contributed by atoms with Crippen LogP contribution in [0.2, 0.25) is 10.0 Å². The predicted octanol–water partition coefficient (Wildman–Crippen LogP) is 4.52. The molecule has 8 heteroatoms. The molecule has 1 heterocycles. The molecular formula is C17H14Cl2N4OS. The maximum absolute atomic E-state index is 12.1. The minimum Gasteiger partial charge on any atom is -0.324 e. The molecule has 0 spiro atoms. The largest absolute Gasteiger partial charge is 0.324 e. The van der Waals surface area contributed by atoms with Crippen molar-refractivity contribution in [3.63, 3.8) is 0 Å². The number of benzene rings is 2. The third kappa shape index (κ3) is 4.15. The summed E-state index contributed by atoms with van der Waals surface area (Å²) in [4.78, 5) is 12.1. The normalized spacial score (nSPS) is 10.7. The fourth-order valence-corrected chi connectivity index (χ4v) is 3.25. The van der Waals surface area contributed by atoms with Crippen LogP contribution >= 0.6 is 35.0 Å². The molecule has 0 aliphatic heterocycles. The highest BCUT2D eigenvalue weighted by molar-refractivity contribution is 7.99. The molecule has 0 atom stereocenters. The first-order valence-corrected chi connectivity index (χ1v) is 9.12. The van der Waals surface area contributed by atoms with Crippen LogP contribution in [0.3, 0.4) is 0 Å². The lowest BCUT2D eigenvalue weighted by atomic mass is 10.2. The van der Waals surface area contributed by atoms with E-state index < -0.39 is 0 Å². The van der Waals surface area contributed by atoms with Crippen LogP contribution in [0.5, 0.6) is 0 Å². The third-order valence-electron chi connectivity index (χ3n) is 3.42. The van der Waals surface area contributed by atoms with Gasteiger partial charge in [0.1, 0.15) is 0 Å². The molecule has 0 bridgehead atoms. The highest BCUT2D eigenvalue weighted by Crippen LogP contribution is 2.30. The number of hydrogen-bond donors (Lipinski definition) is 1. The van der Waals surface area contributed by atoms with Gasteiger partial charge in [-0.15, -0.1) is 10.2 Å². The quantitative estimate of drug-likeness (QED) is 0.648. The second-order valence-electron chi connectivity index (χ2n) is 5.17. The fourth-order valence-electron chi connectivity index (χ4n) is 2.20. The Morgan fingerprint density at radius 3 is 2.64 bits per heavy atom. The molecule has 0 radical (unpaired) electrons. The number of halogens is 2. The first-order valence-electron chi connectivity index (χ1n) is 7.37. The maximum atomic E-state index is 12.1. The lowest BCUT2D eigenvalue weighted by Gasteiger charge is -2.08.